The first kappa shape index (κ1) is 22.1. The van der Waals surface area contributed by atoms with E-state index in [4.69, 9.17) is 30.5 Å². The van der Waals surface area contributed by atoms with Crippen molar-refractivity contribution in [2.45, 2.75) is 51.6 Å². The Balaban J connectivity index is 1.74. The molecule has 7 heteroatoms. The summed E-state index contributed by atoms with van der Waals surface area (Å²) in [6.07, 6.45) is -0.0212. The van der Waals surface area contributed by atoms with E-state index in [2.05, 4.69) is 0 Å². The fourth-order valence-corrected chi connectivity index (χ4v) is 3.59. The van der Waals surface area contributed by atoms with Crippen molar-refractivity contribution in [2.75, 3.05) is 6.61 Å². The van der Waals surface area contributed by atoms with E-state index in [0.29, 0.717) is 24.5 Å². The van der Waals surface area contributed by atoms with Crippen LogP contribution in [0.4, 0.5) is 0 Å². The molecule has 3 unspecified atom stereocenters. The smallest absolute Gasteiger partial charge is 0.302 e. The summed E-state index contributed by atoms with van der Waals surface area (Å²) in [5.74, 6) is 0.0285. The number of hydrogen-bond donors (Lipinski definition) is 0. The van der Waals surface area contributed by atoms with Crippen molar-refractivity contribution in [3.8, 4) is 5.75 Å². The highest BCUT2D eigenvalue weighted by Crippen LogP contribution is 2.35. The molecule has 0 aromatic heterocycles. The molecule has 1 saturated heterocycles. The van der Waals surface area contributed by atoms with Crippen LogP contribution in [0, 0.1) is 0 Å². The topological polar surface area (TPSA) is 71.1 Å². The largest absolute Gasteiger partial charge is 0.489 e. The highest BCUT2D eigenvalue weighted by molar-refractivity contribution is 6.31. The first-order valence-electron chi connectivity index (χ1n) is 9.83. The van der Waals surface area contributed by atoms with Crippen LogP contribution in [0.2, 0.25) is 5.02 Å². The Labute approximate surface area is 181 Å². The van der Waals surface area contributed by atoms with Crippen LogP contribution in [0.5, 0.6) is 5.75 Å². The van der Waals surface area contributed by atoms with Gasteiger partial charge in [0, 0.05) is 37.3 Å². The van der Waals surface area contributed by atoms with E-state index in [-0.39, 0.29) is 36.9 Å². The molecule has 0 N–H and O–H groups in total. The van der Waals surface area contributed by atoms with Gasteiger partial charge in [0.2, 0.25) is 0 Å². The molecule has 0 radical (unpaired) electrons. The van der Waals surface area contributed by atoms with Gasteiger partial charge in [0.05, 0.1) is 12.2 Å². The number of hydrogen-bond acceptors (Lipinski definition) is 6. The number of halogens is 1. The minimum Gasteiger partial charge on any atom is -0.489 e. The molecule has 0 spiro atoms. The molecule has 1 aliphatic heterocycles. The van der Waals surface area contributed by atoms with E-state index >= 15 is 0 Å². The lowest BCUT2D eigenvalue weighted by atomic mass is 9.95. The number of benzene rings is 2. The van der Waals surface area contributed by atoms with Crippen LogP contribution in [-0.2, 0) is 30.4 Å². The van der Waals surface area contributed by atoms with Crippen molar-refractivity contribution in [2.24, 2.45) is 0 Å². The van der Waals surface area contributed by atoms with Crippen molar-refractivity contribution in [1.82, 2.24) is 0 Å². The Kier molecular flexibility index (Phi) is 7.71. The number of carbonyl (C=O) groups excluding carboxylic acids is 2. The van der Waals surface area contributed by atoms with E-state index < -0.39 is 0 Å². The fourth-order valence-electron chi connectivity index (χ4n) is 3.42. The molecular weight excluding hydrogens is 408 g/mol. The maximum absolute atomic E-state index is 11.5. The van der Waals surface area contributed by atoms with Gasteiger partial charge >= 0.3 is 11.9 Å². The summed E-state index contributed by atoms with van der Waals surface area (Å²) in [7, 11) is 0. The third kappa shape index (κ3) is 6.47. The van der Waals surface area contributed by atoms with E-state index in [0.717, 1.165) is 16.9 Å². The Morgan fingerprint density at radius 2 is 1.83 bits per heavy atom. The monoisotopic (exact) mass is 432 g/mol. The van der Waals surface area contributed by atoms with Crippen molar-refractivity contribution in [3.63, 3.8) is 0 Å². The third-order valence-corrected chi connectivity index (χ3v) is 5.11. The van der Waals surface area contributed by atoms with Gasteiger partial charge in [-0.2, -0.15) is 0 Å². The summed E-state index contributed by atoms with van der Waals surface area (Å²) in [5, 5.41) is 0.596. The Morgan fingerprint density at radius 3 is 2.53 bits per heavy atom. The summed E-state index contributed by atoms with van der Waals surface area (Å²) in [4.78, 5) is 22.6. The predicted octanol–water partition coefficient (Wildman–Crippen LogP) is 4.63. The highest BCUT2D eigenvalue weighted by Gasteiger charge is 2.33. The highest BCUT2D eigenvalue weighted by atomic mass is 35.5. The molecule has 0 saturated carbocycles. The molecule has 30 heavy (non-hydrogen) atoms. The molecule has 0 amide bonds. The maximum atomic E-state index is 11.5. The first-order chi connectivity index (χ1) is 14.4. The van der Waals surface area contributed by atoms with E-state index in [9.17, 15) is 9.59 Å². The molecule has 1 aliphatic rings. The van der Waals surface area contributed by atoms with Gasteiger partial charge in [-0.25, -0.2) is 0 Å². The number of ether oxygens (including phenoxy) is 4. The van der Waals surface area contributed by atoms with E-state index in [1.54, 1.807) is 6.07 Å². The van der Waals surface area contributed by atoms with Crippen LogP contribution in [0.1, 0.15) is 43.9 Å². The molecule has 0 bridgehead atoms. The van der Waals surface area contributed by atoms with Crippen molar-refractivity contribution >= 4 is 23.5 Å². The SMILES string of the molecule is CC(=O)OCC1CC(OC(C)=O)CC(c2ccc(Cl)c(COc3ccccc3)c2)O1. The zero-order chi connectivity index (χ0) is 21.5. The molecule has 2 aromatic carbocycles. The van der Waals surface area contributed by atoms with Crippen LogP contribution in [-0.4, -0.2) is 30.8 Å². The minimum absolute atomic E-state index is 0.112. The van der Waals surface area contributed by atoms with E-state index in [1.807, 2.05) is 42.5 Å². The Morgan fingerprint density at radius 1 is 1.07 bits per heavy atom. The second kappa shape index (κ2) is 10.5. The zero-order valence-corrected chi connectivity index (χ0v) is 17.8. The molecule has 3 atom stereocenters. The molecule has 6 nitrogen and oxygen atoms in total. The van der Waals surface area contributed by atoms with Gasteiger partial charge in [-0.05, 0) is 29.8 Å². The average Bonchev–Trinajstić information content (AvgIpc) is 2.72. The van der Waals surface area contributed by atoms with Crippen LogP contribution in [0.15, 0.2) is 48.5 Å². The molecule has 1 heterocycles. The lowest BCUT2D eigenvalue weighted by molar-refractivity contribution is -0.169. The molecule has 1 fully saturated rings. The number of rotatable bonds is 7. The van der Waals surface area contributed by atoms with Crippen molar-refractivity contribution < 1.29 is 28.5 Å². The summed E-state index contributed by atoms with van der Waals surface area (Å²) in [6, 6.07) is 15.1. The molecule has 2 aromatic rings. The van der Waals surface area contributed by atoms with Gasteiger partial charge in [-0.15, -0.1) is 0 Å². The Hall–Kier alpha value is -2.57. The van der Waals surface area contributed by atoms with Crippen molar-refractivity contribution in [3.05, 3.63) is 64.7 Å². The zero-order valence-electron chi connectivity index (χ0n) is 17.0. The van der Waals surface area contributed by atoms with Crippen LogP contribution in [0.3, 0.4) is 0 Å². The van der Waals surface area contributed by atoms with Gasteiger partial charge in [0.25, 0.3) is 0 Å². The first-order valence-corrected chi connectivity index (χ1v) is 10.2. The number of esters is 2. The van der Waals surface area contributed by atoms with Gasteiger partial charge < -0.3 is 18.9 Å². The lowest BCUT2D eigenvalue weighted by Crippen LogP contribution is -2.36. The fraction of sp³-hybridized carbons (Fsp3) is 0.391. The van der Waals surface area contributed by atoms with E-state index in [1.165, 1.54) is 13.8 Å². The predicted molar refractivity (Wildman–Crippen MR) is 111 cm³/mol. The van der Waals surface area contributed by atoms with Gasteiger partial charge in [0.15, 0.2) is 0 Å². The van der Waals surface area contributed by atoms with Crippen LogP contribution in [0.25, 0.3) is 0 Å². The normalized spacial score (nSPS) is 21.0. The van der Waals surface area contributed by atoms with Gasteiger partial charge in [-0.3, -0.25) is 9.59 Å². The number of carbonyl (C=O) groups is 2. The Bertz CT molecular complexity index is 869. The molecule has 0 aliphatic carbocycles. The minimum atomic E-state index is -0.378. The molecule has 3 rings (SSSR count). The lowest BCUT2D eigenvalue weighted by Gasteiger charge is -2.35. The quantitative estimate of drug-likeness (QED) is 0.594. The summed E-state index contributed by atoms with van der Waals surface area (Å²) in [6.45, 7) is 3.16. The molecule has 160 valence electrons. The standard InChI is InChI=1S/C23H25ClO6/c1-15(25)27-14-21-11-20(29-16(2)26)12-23(30-21)17-8-9-22(24)18(10-17)13-28-19-6-4-3-5-7-19/h3-10,20-21,23H,11-14H2,1-2H3. The van der Waals surface area contributed by atoms with Gasteiger partial charge in [0.1, 0.15) is 25.1 Å². The van der Waals surface area contributed by atoms with Gasteiger partial charge in [-0.1, -0.05) is 35.9 Å². The van der Waals surface area contributed by atoms with Crippen LogP contribution >= 0.6 is 11.6 Å². The maximum Gasteiger partial charge on any atom is 0.302 e. The second-order valence-electron chi connectivity index (χ2n) is 7.20. The summed E-state index contributed by atoms with van der Waals surface area (Å²) >= 11 is 6.36. The third-order valence-electron chi connectivity index (χ3n) is 4.74. The summed E-state index contributed by atoms with van der Waals surface area (Å²) < 4.78 is 22.5. The summed E-state index contributed by atoms with van der Waals surface area (Å²) in [5.41, 5.74) is 1.73. The van der Waals surface area contributed by atoms with Crippen LogP contribution < -0.4 is 4.74 Å². The van der Waals surface area contributed by atoms with Crippen molar-refractivity contribution in [1.29, 1.82) is 0 Å². The molecular formula is C23H25ClO6. The second-order valence-corrected chi connectivity index (χ2v) is 7.61. The number of para-hydroxylation sites is 1. The average molecular weight is 433 g/mol.